The van der Waals surface area contributed by atoms with E-state index in [0.29, 0.717) is 19.4 Å². The van der Waals surface area contributed by atoms with E-state index in [1.807, 2.05) is 37.1 Å². The maximum atomic E-state index is 12.1. The third-order valence-electron chi connectivity index (χ3n) is 4.25. The van der Waals surface area contributed by atoms with Crippen LogP contribution in [0.3, 0.4) is 0 Å². The maximum absolute atomic E-state index is 12.1. The molecule has 1 aliphatic rings. The lowest BCUT2D eigenvalue weighted by Crippen LogP contribution is -2.55. The number of piperidine rings is 1. The van der Waals surface area contributed by atoms with E-state index in [-0.39, 0.29) is 17.9 Å². The van der Waals surface area contributed by atoms with Crippen LogP contribution in [0, 0.1) is 0 Å². The Morgan fingerprint density at radius 1 is 1.45 bits per heavy atom. The lowest BCUT2D eigenvalue weighted by Gasteiger charge is -2.41. The van der Waals surface area contributed by atoms with Gasteiger partial charge < -0.3 is 15.5 Å². The second-order valence-corrected chi connectivity index (χ2v) is 5.73. The Balaban J connectivity index is 2.11. The number of rotatable bonds is 5. The fraction of sp³-hybridized carbons (Fsp3) is 0.562. The van der Waals surface area contributed by atoms with Gasteiger partial charge in [-0.1, -0.05) is 13.0 Å². The quantitative estimate of drug-likeness (QED) is 0.885. The average molecular weight is 304 g/mol. The van der Waals surface area contributed by atoms with Crippen molar-refractivity contribution in [2.45, 2.75) is 44.7 Å². The number of pyridine rings is 1. The van der Waals surface area contributed by atoms with Crippen LogP contribution in [0.15, 0.2) is 24.4 Å². The lowest BCUT2D eigenvalue weighted by molar-refractivity contribution is -0.133. The molecule has 2 unspecified atom stereocenters. The summed E-state index contributed by atoms with van der Waals surface area (Å²) < 4.78 is 0. The molecule has 1 aromatic rings. The van der Waals surface area contributed by atoms with Crippen LogP contribution < -0.4 is 10.6 Å². The zero-order valence-corrected chi connectivity index (χ0v) is 13.2. The predicted molar refractivity (Wildman–Crippen MR) is 85.3 cm³/mol. The fourth-order valence-electron chi connectivity index (χ4n) is 2.96. The molecule has 1 saturated heterocycles. The molecule has 2 heterocycles. The molecular weight excluding hydrogens is 280 g/mol. The molecule has 0 saturated carbocycles. The minimum atomic E-state index is -0.425. The highest BCUT2D eigenvalue weighted by atomic mass is 16.2. The molecule has 0 aliphatic carbocycles. The van der Waals surface area contributed by atoms with Gasteiger partial charge in [0.1, 0.15) is 11.9 Å². The summed E-state index contributed by atoms with van der Waals surface area (Å²) in [4.78, 5) is 31.9. The molecular formula is C16H24N4O2. The number of nitrogens with two attached hydrogens (primary N) is 1. The molecule has 0 spiro atoms. The summed E-state index contributed by atoms with van der Waals surface area (Å²) in [5, 5.41) is 0. The Morgan fingerprint density at radius 2 is 2.23 bits per heavy atom. The van der Waals surface area contributed by atoms with Crippen molar-refractivity contribution >= 4 is 17.6 Å². The molecule has 6 nitrogen and oxygen atoms in total. The van der Waals surface area contributed by atoms with Gasteiger partial charge in [0.05, 0.1) is 0 Å². The van der Waals surface area contributed by atoms with Crippen molar-refractivity contribution < 1.29 is 9.59 Å². The Morgan fingerprint density at radius 3 is 2.82 bits per heavy atom. The summed E-state index contributed by atoms with van der Waals surface area (Å²) in [6, 6.07) is 5.24. The van der Waals surface area contributed by atoms with Gasteiger partial charge in [-0.3, -0.25) is 9.59 Å². The topological polar surface area (TPSA) is 79.5 Å². The van der Waals surface area contributed by atoms with E-state index in [2.05, 4.69) is 4.98 Å². The average Bonchev–Trinajstić information content (AvgIpc) is 2.54. The number of hydrogen-bond acceptors (Lipinski definition) is 4. The van der Waals surface area contributed by atoms with Crippen LogP contribution in [0.4, 0.5) is 5.82 Å². The van der Waals surface area contributed by atoms with Gasteiger partial charge in [0.15, 0.2) is 0 Å². The van der Waals surface area contributed by atoms with Crippen molar-refractivity contribution in [3.05, 3.63) is 24.4 Å². The molecule has 1 fully saturated rings. The Kier molecular flexibility index (Phi) is 5.35. The highest BCUT2D eigenvalue weighted by Crippen LogP contribution is 2.25. The highest BCUT2D eigenvalue weighted by Gasteiger charge is 2.35. The number of hydrogen-bond donors (Lipinski definition) is 1. The van der Waals surface area contributed by atoms with Crippen LogP contribution in [-0.2, 0) is 9.59 Å². The van der Waals surface area contributed by atoms with Crippen LogP contribution in [0.2, 0.25) is 0 Å². The van der Waals surface area contributed by atoms with Gasteiger partial charge in [0.25, 0.3) is 0 Å². The molecule has 1 aromatic heterocycles. The summed E-state index contributed by atoms with van der Waals surface area (Å²) in [6.45, 7) is 2.65. The number of aromatic nitrogens is 1. The van der Waals surface area contributed by atoms with Crippen molar-refractivity contribution in [2.75, 3.05) is 18.5 Å². The monoisotopic (exact) mass is 304 g/mol. The van der Waals surface area contributed by atoms with E-state index < -0.39 is 6.04 Å². The summed E-state index contributed by atoms with van der Waals surface area (Å²) in [5.41, 5.74) is 5.58. The molecule has 1 aliphatic heterocycles. The van der Waals surface area contributed by atoms with Crippen LogP contribution in [0.5, 0.6) is 0 Å². The molecule has 2 atom stereocenters. The smallest absolute Gasteiger partial charge is 0.240 e. The fourth-order valence-corrected chi connectivity index (χ4v) is 2.96. The van der Waals surface area contributed by atoms with Gasteiger partial charge in [-0.2, -0.15) is 0 Å². The van der Waals surface area contributed by atoms with Gasteiger partial charge in [-0.25, -0.2) is 4.98 Å². The van der Waals surface area contributed by atoms with Gasteiger partial charge in [-0.15, -0.1) is 0 Å². The van der Waals surface area contributed by atoms with Gasteiger partial charge in [0, 0.05) is 32.3 Å². The second-order valence-electron chi connectivity index (χ2n) is 5.73. The molecule has 0 bridgehead atoms. The second kappa shape index (κ2) is 7.24. The van der Waals surface area contributed by atoms with Crippen LogP contribution in [-0.4, -0.2) is 47.4 Å². The normalized spacial score (nSPS) is 21.5. The molecule has 120 valence electrons. The molecule has 0 aromatic carbocycles. The first-order valence-electron chi connectivity index (χ1n) is 7.77. The zero-order valence-electron chi connectivity index (χ0n) is 13.2. The van der Waals surface area contributed by atoms with E-state index >= 15 is 0 Å². The maximum Gasteiger partial charge on any atom is 0.240 e. The van der Waals surface area contributed by atoms with E-state index in [9.17, 15) is 9.59 Å². The SMILES string of the molecule is CCCC(=O)N(C)C1CCN(c2ccccn2)C(C(N)=O)C1. The predicted octanol–water partition coefficient (Wildman–Crippen LogP) is 1.16. The Bertz CT molecular complexity index is 520. The van der Waals surface area contributed by atoms with Crippen molar-refractivity contribution in [1.82, 2.24) is 9.88 Å². The first-order chi connectivity index (χ1) is 10.5. The van der Waals surface area contributed by atoms with E-state index in [1.54, 1.807) is 11.1 Å². The highest BCUT2D eigenvalue weighted by molar-refractivity contribution is 5.84. The zero-order chi connectivity index (χ0) is 16.1. The molecule has 6 heteroatoms. The number of carbonyl (C=O) groups is 2. The van der Waals surface area contributed by atoms with E-state index in [4.69, 9.17) is 5.73 Å². The summed E-state index contributed by atoms with van der Waals surface area (Å²) in [6.07, 6.45) is 4.44. The summed E-state index contributed by atoms with van der Waals surface area (Å²) in [5.74, 6) is 0.515. The summed E-state index contributed by atoms with van der Waals surface area (Å²) in [7, 11) is 1.82. The van der Waals surface area contributed by atoms with Gasteiger partial charge in [-0.05, 0) is 31.4 Å². The first kappa shape index (κ1) is 16.3. The first-order valence-corrected chi connectivity index (χ1v) is 7.77. The van der Waals surface area contributed by atoms with Crippen molar-refractivity contribution in [3.8, 4) is 0 Å². The molecule has 2 rings (SSSR count). The third-order valence-corrected chi connectivity index (χ3v) is 4.25. The van der Waals surface area contributed by atoms with Crippen LogP contribution in [0.1, 0.15) is 32.6 Å². The van der Waals surface area contributed by atoms with Crippen molar-refractivity contribution in [3.63, 3.8) is 0 Å². The number of carbonyl (C=O) groups excluding carboxylic acids is 2. The number of nitrogens with zero attached hydrogens (tertiary/aromatic N) is 3. The van der Waals surface area contributed by atoms with Crippen LogP contribution in [0.25, 0.3) is 0 Å². The lowest BCUT2D eigenvalue weighted by atomic mass is 9.95. The van der Waals surface area contributed by atoms with E-state index in [1.165, 1.54) is 0 Å². The van der Waals surface area contributed by atoms with Gasteiger partial charge in [0.2, 0.25) is 11.8 Å². The molecule has 2 amide bonds. The Hall–Kier alpha value is -2.11. The number of anilines is 1. The summed E-state index contributed by atoms with van der Waals surface area (Å²) >= 11 is 0. The minimum Gasteiger partial charge on any atom is -0.368 e. The van der Waals surface area contributed by atoms with Crippen molar-refractivity contribution in [2.24, 2.45) is 5.73 Å². The molecule has 22 heavy (non-hydrogen) atoms. The largest absolute Gasteiger partial charge is 0.368 e. The van der Waals surface area contributed by atoms with Crippen LogP contribution >= 0.6 is 0 Å². The van der Waals surface area contributed by atoms with E-state index in [0.717, 1.165) is 18.7 Å². The minimum absolute atomic E-state index is 0.0523. The molecule has 0 radical (unpaired) electrons. The number of amides is 2. The third kappa shape index (κ3) is 3.55. The van der Waals surface area contributed by atoms with Crippen molar-refractivity contribution in [1.29, 1.82) is 0 Å². The standard InChI is InChI=1S/C16H24N4O2/c1-3-6-15(21)19(2)12-8-10-20(13(11-12)16(17)22)14-7-4-5-9-18-14/h4-5,7,9,12-13H,3,6,8,10-11H2,1-2H3,(H2,17,22). The Labute approximate surface area is 131 Å². The number of primary amides is 1. The molecule has 2 N–H and O–H groups in total. The van der Waals surface area contributed by atoms with Gasteiger partial charge >= 0.3 is 0 Å².